The highest BCUT2D eigenvalue weighted by molar-refractivity contribution is 7.92. The lowest BCUT2D eigenvalue weighted by Gasteiger charge is -2.25. The lowest BCUT2D eigenvalue weighted by atomic mass is 9.96. The third-order valence-electron chi connectivity index (χ3n) is 4.86. The molecule has 2 aromatic rings. The van der Waals surface area contributed by atoms with Crippen molar-refractivity contribution in [3.8, 4) is 5.75 Å². The van der Waals surface area contributed by atoms with Gasteiger partial charge in [-0.15, -0.1) is 0 Å². The molecule has 1 N–H and O–H groups in total. The smallest absolute Gasteiger partial charge is 0.261 e. The van der Waals surface area contributed by atoms with Crippen LogP contribution in [0.5, 0.6) is 5.75 Å². The van der Waals surface area contributed by atoms with Crippen molar-refractivity contribution in [2.75, 3.05) is 17.6 Å². The average molecular weight is 433 g/mol. The van der Waals surface area contributed by atoms with E-state index in [0.29, 0.717) is 23.8 Å². The van der Waals surface area contributed by atoms with E-state index in [1.165, 1.54) is 11.4 Å². The minimum Gasteiger partial charge on any atom is -0.481 e. The number of hydrogen-bond donors (Lipinski definition) is 1. The van der Waals surface area contributed by atoms with Crippen LogP contribution < -0.4 is 14.4 Å². The first kappa shape index (κ1) is 23.7. The maximum Gasteiger partial charge on any atom is 0.261 e. The van der Waals surface area contributed by atoms with Crippen LogP contribution >= 0.6 is 0 Å². The van der Waals surface area contributed by atoms with Gasteiger partial charge in [-0.1, -0.05) is 51.1 Å². The van der Waals surface area contributed by atoms with Gasteiger partial charge in [0, 0.05) is 7.05 Å². The van der Waals surface area contributed by atoms with E-state index in [0.717, 1.165) is 18.2 Å². The summed E-state index contributed by atoms with van der Waals surface area (Å²) < 4.78 is 30.4. The van der Waals surface area contributed by atoms with Crippen molar-refractivity contribution >= 4 is 21.6 Å². The number of hydrogen-bond acceptors (Lipinski definition) is 4. The minimum absolute atomic E-state index is 0.0814. The summed E-state index contributed by atoms with van der Waals surface area (Å²) in [7, 11) is -1.84. The second-order valence-corrected chi connectivity index (χ2v) is 9.85. The van der Waals surface area contributed by atoms with Crippen molar-refractivity contribution < 1.29 is 17.9 Å². The van der Waals surface area contributed by atoms with Crippen LogP contribution in [-0.2, 0) is 14.8 Å². The Morgan fingerprint density at radius 3 is 2.17 bits per heavy atom. The van der Waals surface area contributed by atoms with Crippen LogP contribution in [0.4, 0.5) is 5.69 Å². The van der Waals surface area contributed by atoms with E-state index in [4.69, 9.17) is 4.74 Å². The first-order valence-electron chi connectivity index (χ1n) is 10.2. The molecule has 1 amide bonds. The van der Waals surface area contributed by atoms with E-state index in [2.05, 4.69) is 19.2 Å². The van der Waals surface area contributed by atoms with Crippen LogP contribution in [0, 0.1) is 5.92 Å². The van der Waals surface area contributed by atoms with Crippen molar-refractivity contribution in [2.45, 2.75) is 45.8 Å². The number of rotatable bonds is 10. The van der Waals surface area contributed by atoms with Crippen LogP contribution in [0.3, 0.4) is 0 Å². The van der Waals surface area contributed by atoms with Crippen molar-refractivity contribution in [1.29, 1.82) is 0 Å². The van der Waals surface area contributed by atoms with Gasteiger partial charge in [0.2, 0.25) is 10.0 Å². The number of nitrogens with one attached hydrogen (secondary N) is 1. The molecule has 30 heavy (non-hydrogen) atoms. The van der Waals surface area contributed by atoms with Gasteiger partial charge in [-0.05, 0) is 48.6 Å². The Morgan fingerprint density at radius 1 is 1.07 bits per heavy atom. The molecule has 0 spiro atoms. The normalized spacial score (nSPS) is 13.5. The standard InChI is InChI=1S/C23H32N2O4S/c1-6-22(29-20-14-12-19(13-15-20)25(4)30(5,27)28)23(26)24-21(16-17(2)3)18-10-8-7-9-11-18/h7-15,17,21-22H,6,16H2,1-5H3,(H,24,26). The van der Waals surface area contributed by atoms with Crippen molar-refractivity contribution in [3.63, 3.8) is 0 Å². The molecule has 0 radical (unpaired) electrons. The first-order valence-corrected chi connectivity index (χ1v) is 12.0. The zero-order valence-corrected chi connectivity index (χ0v) is 19.1. The Labute approximate surface area is 180 Å². The van der Waals surface area contributed by atoms with E-state index in [9.17, 15) is 13.2 Å². The molecule has 0 heterocycles. The monoisotopic (exact) mass is 432 g/mol. The molecule has 0 saturated carbocycles. The largest absolute Gasteiger partial charge is 0.481 e. The summed E-state index contributed by atoms with van der Waals surface area (Å²) in [5, 5.41) is 3.13. The number of ether oxygens (including phenoxy) is 1. The summed E-state index contributed by atoms with van der Waals surface area (Å²) >= 11 is 0. The Balaban J connectivity index is 2.10. The van der Waals surface area contributed by atoms with Gasteiger partial charge in [0.15, 0.2) is 6.10 Å². The molecule has 6 nitrogen and oxygen atoms in total. The Bertz CT molecular complexity index is 912. The van der Waals surface area contributed by atoms with Crippen LogP contribution in [-0.4, -0.2) is 33.7 Å². The fraction of sp³-hybridized carbons (Fsp3) is 0.435. The van der Waals surface area contributed by atoms with Crippen LogP contribution in [0.15, 0.2) is 54.6 Å². The molecule has 2 unspecified atom stereocenters. The molecule has 0 saturated heterocycles. The number of nitrogens with zero attached hydrogens (tertiary/aromatic N) is 1. The molecule has 0 aromatic heterocycles. The second kappa shape index (κ2) is 10.5. The highest BCUT2D eigenvalue weighted by Crippen LogP contribution is 2.24. The molecular formula is C23H32N2O4S. The van der Waals surface area contributed by atoms with Gasteiger partial charge in [0.05, 0.1) is 18.0 Å². The van der Waals surface area contributed by atoms with E-state index in [1.54, 1.807) is 24.3 Å². The third-order valence-corrected chi connectivity index (χ3v) is 6.07. The van der Waals surface area contributed by atoms with Gasteiger partial charge in [0.25, 0.3) is 5.91 Å². The average Bonchev–Trinajstić information content (AvgIpc) is 2.71. The lowest BCUT2D eigenvalue weighted by Crippen LogP contribution is -2.40. The van der Waals surface area contributed by atoms with Crippen molar-refractivity contribution in [3.05, 3.63) is 60.2 Å². The van der Waals surface area contributed by atoms with E-state index in [1.807, 2.05) is 37.3 Å². The summed E-state index contributed by atoms with van der Waals surface area (Å²) in [6, 6.07) is 16.5. The predicted molar refractivity (Wildman–Crippen MR) is 121 cm³/mol. The number of benzene rings is 2. The second-order valence-electron chi connectivity index (χ2n) is 7.84. The van der Waals surface area contributed by atoms with E-state index in [-0.39, 0.29) is 11.9 Å². The van der Waals surface area contributed by atoms with Gasteiger partial charge in [0.1, 0.15) is 5.75 Å². The molecule has 2 rings (SSSR count). The third kappa shape index (κ3) is 6.76. The number of carbonyl (C=O) groups is 1. The zero-order chi connectivity index (χ0) is 22.3. The summed E-state index contributed by atoms with van der Waals surface area (Å²) in [5.41, 5.74) is 1.60. The molecule has 0 bridgehead atoms. The maximum atomic E-state index is 12.9. The van der Waals surface area contributed by atoms with Gasteiger partial charge >= 0.3 is 0 Å². The highest BCUT2D eigenvalue weighted by atomic mass is 32.2. The SMILES string of the molecule is CCC(Oc1ccc(N(C)S(C)(=O)=O)cc1)C(=O)NC(CC(C)C)c1ccccc1. The van der Waals surface area contributed by atoms with Gasteiger partial charge in [-0.2, -0.15) is 0 Å². The molecule has 0 aliphatic carbocycles. The number of carbonyl (C=O) groups excluding carboxylic acids is 1. The minimum atomic E-state index is -3.33. The highest BCUT2D eigenvalue weighted by Gasteiger charge is 2.23. The molecule has 0 aliphatic heterocycles. The van der Waals surface area contributed by atoms with E-state index >= 15 is 0 Å². The van der Waals surface area contributed by atoms with Crippen LogP contribution in [0.2, 0.25) is 0 Å². The van der Waals surface area contributed by atoms with Crippen LogP contribution in [0.25, 0.3) is 0 Å². The molecule has 2 aromatic carbocycles. The fourth-order valence-electron chi connectivity index (χ4n) is 3.11. The molecular weight excluding hydrogens is 400 g/mol. The predicted octanol–water partition coefficient (Wildman–Crippen LogP) is 4.14. The Kier molecular flexibility index (Phi) is 8.29. The van der Waals surface area contributed by atoms with Crippen molar-refractivity contribution in [1.82, 2.24) is 5.32 Å². The molecule has 0 aliphatic rings. The lowest BCUT2D eigenvalue weighted by molar-refractivity contribution is -0.129. The van der Waals surface area contributed by atoms with Gasteiger partial charge in [-0.3, -0.25) is 9.10 Å². The first-order chi connectivity index (χ1) is 14.1. The molecule has 164 valence electrons. The van der Waals surface area contributed by atoms with Gasteiger partial charge in [-0.25, -0.2) is 8.42 Å². The van der Waals surface area contributed by atoms with Crippen molar-refractivity contribution in [2.24, 2.45) is 5.92 Å². The van der Waals surface area contributed by atoms with Crippen LogP contribution in [0.1, 0.15) is 45.2 Å². The topological polar surface area (TPSA) is 75.7 Å². The molecule has 2 atom stereocenters. The summed E-state index contributed by atoms with van der Waals surface area (Å²) in [6.07, 6.45) is 1.86. The maximum absolute atomic E-state index is 12.9. The number of anilines is 1. The summed E-state index contributed by atoms with van der Waals surface area (Å²) in [5.74, 6) is 0.781. The summed E-state index contributed by atoms with van der Waals surface area (Å²) in [4.78, 5) is 12.9. The Hall–Kier alpha value is -2.54. The summed E-state index contributed by atoms with van der Waals surface area (Å²) in [6.45, 7) is 6.16. The number of sulfonamides is 1. The van der Waals surface area contributed by atoms with E-state index < -0.39 is 16.1 Å². The fourth-order valence-corrected chi connectivity index (χ4v) is 3.62. The molecule has 0 fully saturated rings. The Morgan fingerprint density at radius 2 is 1.67 bits per heavy atom. The number of amides is 1. The van der Waals surface area contributed by atoms with Gasteiger partial charge < -0.3 is 10.1 Å². The zero-order valence-electron chi connectivity index (χ0n) is 18.3. The molecule has 7 heteroatoms. The quantitative estimate of drug-likeness (QED) is 0.612.